The van der Waals surface area contributed by atoms with Crippen LogP contribution in [0.1, 0.15) is 29.2 Å². The minimum absolute atomic E-state index is 0. The third-order valence-corrected chi connectivity index (χ3v) is 5.93. The second-order valence-electron chi connectivity index (χ2n) is 7.81. The van der Waals surface area contributed by atoms with Crippen molar-refractivity contribution in [3.63, 3.8) is 0 Å². The minimum atomic E-state index is -0.0103. The van der Waals surface area contributed by atoms with Crippen LogP contribution in [-0.4, -0.2) is 43.6 Å². The SMILES string of the molecule is CN(C)C1(CN=C(N)NC2CCOc3ccccc32)Cc2ccccc2C1.I. The number of ether oxygens (including phenoxy) is 1. The van der Waals surface area contributed by atoms with Crippen LogP contribution in [0, 0.1) is 0 Å². The van der Waals surface area contributed by atoms with Crippen LogP contribution in [0.3, 0.4) is 0 Å². The van der Waals surface area contributed by atoms with Crippen molar-refractivity contribution in [3.8, 4) is 5.75 Å². The lowest BCUT2D eigenvalue weighted by molar-refractivity contribution is 0.171. The van der Waals surface area contributed by atoms with Crippen LogP contribution in [0.4, 0.5) is 0 Å². The van der Waals surface area contributed by atoms with Crippen LogP contribution < -0.4 is 15.8 Å². The lowest BCUT2D eigenvalue weighted by Gasteiger charge is -2.35. The molecule has 5 nitrogen and oxygen atoms in total. The Kier molecular flexibility index (Phi) is 6.50. The first-order valence-corrected chi connectivity index (χ1v) is 9.60. The van der Waals surface area contributed by atoms with E-state index in [9.17, 15) is 0 Å². The maximum atomic E-state index is 6.28. The first-order valence-electron chi connectivity index (χ1n) is 9.60. The third kappa shape index (κ3) is 4.12. The van der Waals surface area contributed by atoms with Crippen LogP contribution in [0.5, 0.6) is 5.75 Å². The Morgan fingerprint density at radius 3 is 2.46 bits per heavy atom. The number of likely N-dealkylation sites (N-methyl/N-ethyl adjacent to an activating group) is 1. The topological polar surface area (TPSA) is 62.9 Å². The molecule has 0 fully saturated rings. The summed E-state index contributed by atoms with van der Waals surface area (Å²) in [4.78, 5) is 7.05. The van der Waals surface area contributed by atoms with Gasteiger partial charge in [0.05, 0.1) is 19.2 Å². The maximum Gasteiger partial charge on any atom is 0.189 e. The molecule has 0 saturated heterocycles. The van der Waals surface area contributed by atoms with E-state index in [-0.39, 0.29) is 35.6 Å². The number of rotatable bonds is 4. The average Bonchev–Trinajstić information content (AvgIpc) is 3.07. The number of halogens is 1. The summed E-state index contributed by atoms with van der Waals surface area (Å²) < 4.78 is 5.73. The molecular weight excluding hydrogens is 463 g/mol. The van der Waals surface area contributed by atoms with Crippen LogP contribution in [0.2, 0.25) is 0 Å². The minimum Gasteiger partial charge on any atom is -0.493 e. The molecule has 0 aromatic heterocycles. The van der Waals surface area contributed by atoms with E-state index in [1.54, 1.807) is 0 Å². The molecular formula is C22H29IN4O. The number of nitrogens with two attached hydrogens (primary N) is 1. The second kappa shape index (κ2) is 8.69. The Morgan fingerprint density at radius 2 is 1.79 bits per heavy atom. The molecule has 2 aromatic carbocycles. The summed E-state index contributed by atoms with van der Waals surface area (Å²) >= 11 is 0. The Morgan fingerprint density at radius 1 is 1.14 bits per heavy atom. The van der Waals surface area contributed by atoms with Crippen molar-refractivity contribution >= 4 is 29.9 Å². The smallest absolute Gasteiger partial charge is 0.189 e. The average molecular weight is 492 g/mol. The van der Waals surface area contributed by atoms with Gasteiger partial charge < -0.3 is 20.7 Å². The molecule has 1 unspecified atom stereocenters. The zero-order valence-corrected chi connectivity index (χ0v) is 18.9. The Balaban J connectivity index is 0.00000225. The number of nitrogens with zero attached hydrogens (tertiary/aromatic N) is 2. The zero-order chi connectivity index (χ0) is 18.9. The molecule has 1 aliphatic carbocycles. The van der Waals surface area contributed by atoms with Crippen molar-refractivity contribution in [2.45, 2.75) is 30.8 Å². The molecule has 1 atom stereocenters. The summed E-state index contributed by atoms with van der Waals surface area (Å²) in [6.45, 7) is 1.37. The van der Waals surface area contributed by atoms with Gasteiger partial charge in [-0.25, -0.2) is 0 Å². The van der Waals surface area contributed by atoms with Gasteiger partial charge in [0.2, 0.25) is 0 Å². The second-order valence-corrected chi connectivity index (χ2v) is 7.81. The van der Waals surface area contributed by atoms with Crippen LogP contribution >= 0.6 is 24.0 Å². The van der Waals surface area contributed by atoms with E-state index < -0.39 is 0 Å². The molecule has 2 aromatic rings. The predicted octanol–water partition coefficient (Wildman–Crippen LogP) is 3.13. The third-order valence-electron chi connectivity index (χ3n) is 5.93. The van der Waals surface area contributed by atoms with Gasteiger partial charge in [-0.3, -0.25) is 4.99 Å². The number of hydrogen-bond acceptors (Lipinski definition) is 3. The lowest BCUT2D eigenvalue weighted by atomic mass is 9.94. The standard InChI is InChI=1S/C22H28N4O.HI/c1-26(2)22(13-16-7-3-4-8-17(16)14-22)15-24-21(23)25-19-11-12-27-20-10-6-5-9-18(19)20;/h3-10,19H,11-15H2,1-2H3,(H3,23,24,25);1H. The Bertz CT molecular complexity index is 827. The lowest BCUT2D eigenvalue weighted by Crippen LogP contribution is -2.49. The molecule has 0 saturated carbocycles. The normalized spacial score (nSPS) is 20.0. The van der Waals surface area contributed by atoms with Gasteiger partial charge in [0.25, 0.3) is 0 Å². The molecule has 0 bridgehead atoms. The monoisotopic (exact) mass is 492 g/mol. The highest BCUT2D eigenvalue weighted by Gasteiger charge is 2.39. The number of benzene rings is 2. The van der Waals surface area contributed by atoms with Gasteiger partial charge in [0.15, 0.2) is 5.96 Å². The van der Waals surface area contributed by atoms with E-state index in [0.717, 1.165) is 30.6 Å². The number of hydrogen-bond donors (Lipinski definition) is 2. The maximum absolute atomic E-state index is 6.28. The largest absolute Gasteiger partial charge is 0.493 e. The van der Waals surface area contributed by atoms with E-state index >= 15 is 0 Å². The molecule has 4 rings (SSSR count). The fourth-order valence-electron chi connectivity index (χ4n) is 4.19. The highest BCUT2D eigenvalue weighted by molar-refractivity contribution is 14.0. The summed E-state index contributed by atoms with van der Waals surface area (Å²) in [5.41, 5.74) is 10.3. The summed E-state index contributed by atoms with van der Waals surface area (Å²) in [7, 11) is 4.28. The van der Waals surface area contributed by atoms with Gasteiger partial charge in [-0.2, -0.15) is 0 Å². The summed E-state index contributed by atoms with van der Waals surface area (Å²) in [6.07, 6.45) is 2.90. The predicted molar refractivity (Wildman–Crippen MR) is 125 cm³/mol. The fourth-order valence-corrected chi connectivity index (χ4v) is 4.19. The number of para-hydroxylation sites is 1. The molecule has 1 aliphatic heterocycles. The van der Waals surface area contributed by atoms with Gasteiger partial charge in [0, 0.05) is 17.5 Å². The molecule has 1 heterocycles. The van der Waals surface area contributed by atoms with E-state index in [1.165, 1.54) is 11.1 Å². The molecule has 3 N–H and O–H groups in total. The van der Waals surface area contributed by atoms with E-state index in [4.69, 9.17) is 15.5 Å². The van der Waals surface area contributed by atoms with Gasteiger partial charge in [-0.05, 0) is 44.1 Å². The van der Waals surface area contributed by atoms with Crippen LogP contribution in [0.25, 0.3) is 0 Å². The summed E-state index contributed by atoms with van der Waals surface area (Å²) in [5.74, 6) is 1.44. The highest BCUT2D eigenvalue weighted by Crippen LogP contribution is 2.34. The van der Waals surface area contributed by atoms with Crippen LogP contribution in [0.15, 0.2) is 53.5 Å². The van der Waals surface area contributed by atoms with Crippen molar-refractivity contribution in [2.75, 3.05) is 27.2 Å². The molecule has 2 aliphatic rings. The van der Waals surface area contributed by atoms with Gasteiger partial charge >= 0.3 is 0 Å². The number of nitrogens with one attached hydrogen (secondary N) is 1. The Labute approximate surface area is 184 Å². The quantitative estimate of drug-likeness (QED) is 0.391. The first-order chi connectivity index (χ1) is 13.1. The van der Waals surface area contributed by atoms with Gasteiger partial charge in [0.1, 0.15) is 5.75 Å². The molecule has 150 valence electrons. The molecule has 28 heavy (non-hydrogen) atoms. The highest BCUT2D eigenvalue weighted by atomic mass is 127. The van der Waals surface area contributed by atoms with Gasteiger partial charge in [-0.15, -0.1) is 24.0 Å². The molecule has 0 spiro atoms. The fraction of sp³-hybridized carbons (Fsp3) is 0.409. The Hall–Kier alpha value is -1.80. The van der Waals surface area contributed by atoms with Crippen molar-refractivity contribution in [3.05, 3.63) is 65.2 Å². The number of guanidine groups is 1. The van der Waals surface area contributed by atoms with Crippen molar-refractivity contribution < 1.29 is 4.74 Å². The molecule has 6 heteroatoms. The summed E-state index contributed by atoms with van der Waals surface area (Å²) in [6, 6.07) is 17.0. The van der Waals surface area contributed by atoms with Crippen molar-refractivity contribution in [1.29, 1.82) is 0 Å². The van der Waals surface area contributed by atoms with Crippen molar-refractivity contribution in [2.24, 2.45) is 10.7 Å². The number of fused-ring (bicyclic) bond motifs is 2. The van der Waals surface area contributed by atoms with E-state index in [2.05, 4.69) is 54.6 Å². The first kappa shape index (κ1) is 20.9. The van der Waals surface area contributed by atoms with Crippen molar-refractivity contribution in [1.82, 2.24) is 10.2 Å². The summed E-state index contributed by atoms with van der Waals surface area (Å²) in [5, 5.41) is 3.41. The number of aliphatic imine (C=N–C) groups is 1. The van der Waals surface area contributed by atoms with E-state index in [0.29, 0.717) is 19.1 Å². The molecule has 0 radical (unpaired) electrons. The van der Waals surface area contributed by atoms with Crippen LogP contribution in [-0.2, 0) is 12.8 Å². The zero-order valence-electron chi connectivity index (χ0n) is 16.5. The van der Waals surface area contributed by atoms with Gasteiger partial charge in [-0.1, -0.05) is 42.5 Å². The molecule has 0 amide bonds. The van der Waals surface area contributed by atoms with E-state index in [1.807, 2.05) is 18.2 Å².